The Morgan fingerprint density at radius 2 is 1.51 bits per heavy atom. The molecule has 0 saturated heterocycles. The molecule has 4 aromatic rings. The monoisotopic (exact) mass is 671 g/mol. The molecular weight excluding hydrogens is 649 g/mol. The zero-order valence-electron chi connectivity index (χ0n) is 20.6. The first-order chi connectivity index (χ1) is 18.7. The van der Waals surface area contributed by atoms with E-state index < -0.39 is 10.0 Å². The van der Waals surface area contributed by atoms with Gasteiger partial charge in [-0.05, 0) is 95.8 Å². The van der Waals surface area contributed by atoms with Gasteiger partial charge in [-0.1, -0.05) is 44.0 Å². The minimum Gasteiger partial charge on any atom is -0.326 e. The number of benzene rings is 3. The summed E-state index contributed by atoms with van der Waals surface area (Å²) in [5.74, 6) is -0.428. The molecule has 0 bridgehead atoms. The number of rotatable bonds is 9. The normalized spacial score (nSPS) is 16.7. The quantitative estimate of drug-likeness (QED) is 0.210. The maximum Gasteiger partial charge on any atom is 0.243 e. The van der Waals surface area contributed by atoms with Crippen LogP contribution in [0.4, 0.5) is 10.1 Å². The molecule has 5 rings (SSSR count). The summed E-state index contributed by atoms with van der Waals surface area (Å²) in [6.07, 6.45) is 4.21. The van der Waals surface area contributed by atoms with Crippen molar-refractivity contribution in [1.29, 1.82) is 0 Å². The molecule has 0 spiro atoms. The Kier molecular flexibility index (Phi) is 8.27. The third-order valence-corrected chi connectivity index (χ3v) is 9.30. The number of hydrogen-bond acceptors (Lipinski definition) is 4. The molecular formula is C29H24Br2FN3O3S. The van der Waals surface area contributed by atoms with Crippen LogP contribution in [-0.4, -0.2) is 23.6 Å². The largest absolute Gasteiger partial charge is 0.326 e. The number of aromatic nitrogens is 1. The summed E-state index contributed by atoms with van der Waals surface area (Å²) in [7, 11) is -3.94. The van der Waals surface area contributed by atoms with Gasteiger partial charge in [0.2, 0.25) is 15.9 Å². The van der Waals surface area contributed by atoms with E-state index in [9.17, 15) is 17.6 Å². The number of pyridine rings is 1. The Bertz CT molecular complexity index is 1560. The predicted molar refractivity (Wildman–Crippen MR) is 155 cm³/mol. The summed E-state index contributed by atoms with van der Waals surface area (Å²) < 4.78 is 44.0. The van der Waals surface area contributed by atoms with Crippen LogP contribution in [0.25, 0.3) is 0 Å². The summed E-state index contributed by atoms with van der Waals surface area (Å²) in [4.78, 5) is 16.9. The Balaban J connectivity index is 1.33. The predicted octanol–water partition coefficient (Wildman–Crippen LogP) is 6.88. The van der Waals surface area contributed by atoms with Crippen LogP contribution in [0.2, 0.25) is 0 Å². The van der Waals surface area contributed by atoms with Crippen molar-refractivity contribution in [2.24, 2.45) is 5.92 Å². The zero-order valence-corrected chi connectivity index (χ0v) is 24.6. The van der Waals surface area contributed by atoms with Gasteiger partial charge in [-0.25, -0.2) is 12.8 Å². The molecule has 3 aromatic carbocycles. The summed E-state index contributed by atoms with van der Waals surface area (Å²) in [6, 6.07) is 21.4. The molecule has 1 amide bonds. The number of carbonyl (C=O) groups excluding carboxylic acids is 1. The molecule has 10 heteroatoms. The van der Waals surface area contributed by atoms with Crippen molar-refractivity contribution in [3.05, 3.63) is 123 Å². The van der Waals surface area contributed by atoms with E-state index in [1.807, 2.05) is 30.3 Å². The molecule has 1 aromatic heterocycles. The second-order valence-corrected chi connectivity index (χ2v) is 13.2. The van der Waals surface area contributed by atoms with Crippen molar-refractivity contribution in [3.63, 3.8) is 0 Å². The van der Waals surface area contributed by atoms with Crippen molar-refractivity contribution in [3.8, 4) is 0 Å². The van der Waals surface area contributed by atoms with Crippen LogP contribution in [0.15, 0.2) is 105 Å². The van der Waals surface area contributed by atoms with Gasteiger partial charge in [0.25, 0.3) is 0 Å². The highest BCUT2D eigenvalue weighted by Gasteiger charge is 2.43. The van der Waals surface area contributed by atoms with E-state index in [-0.39, 0.29) is 41.5 Å². The van der Waals surface area contributed by atoms with E-state index >= 15 is 0 Å². The highest BCUT2D eigenvalue weighted by Crippen LogP contribution is 2.47. The van der Waals surface area contributed by atoms with Gasteiger partial charge in [0, 0.05) is 46.0 Å². The number of anilines is 1. The molecule has 1 aliphatic rings. The second-order valence-electron chi connectivity index (χ2n) is 9.42. The van der Waals surface area contributed by atoms with Crippen LogP contribution < -0.4 is 5.32 Å². The van der Waals surface area contributed by atoms with Crippen molar-refractivity contribution < 1.29 is 17.6 Å². The number of nitrogens with one attached hydrogen (secondary N) is 1. The molecule has 0 radical (unpaired) electrons. The molecule has 0 aliphatic heterocycles. The van der Waals surface area contributed by atoms with Gasteiger partial charge in [0.1, 0.15) is 5.82 Å². The molecule has 2 atom stereocenters. The fourth-order valence-corrected chi connectivity index (χ4v) is 7.29. The molecule has 1 heterocycles. The fraction of sp³-hybridized carbons (Fsp3) is 0.172. The summed E-state index contributed by atoms with van der Waals surface area (Å²) >= 11 is 6.91. The number of hydrogen-bond donors (Lipinski definition) is 1. The lowest BCUT2D eigenvalue weighted by molar-refractivity contribution is -0.117. The van der Waals surface area contributed by atoms with Gasteiger partial charge >= 0.3 is 0 Å². The molecule has 6 nitrogen and oxygen atoms in total. The lowest BCUT2D eigenvalue weighted by atomic mass is 10.1. The molecule has 1 aliphatic carbocycles. The van der Waals surface area contributed by atoms with Gasteiger partial charge in [-0.2, -0.15) is 4.31 Å². The van der Waals surface area contributed by atoms with Crippen LogP contribution in [-0.2, 0) is 27.9 Å². The Morgan fingerprint density at radius 3 is 2.15 bits per heavy atom. The average Bonchev–Trinajstić information content (AvgIpc) is 3.71. The first-order valence-corrected chi connectivity index (χ1v) is 15.2. The SMILES string of the molecule is O=C(Nc1ccc(S(=O)(=O)N(Cc2ccc(F)cc2)Cc2cc(Br)cc(Br)c2)cc1)C1CC1c1ccncc1. The molecule has 1 N–H and O–H groups in total. The summed E-state index contributed by atoms with van der Waals surface area (Å²) in [5.41, 5.74) is 3.05. The maximum atomic E-state index is 13.8. The van der Waals surface area contributed by atoms with Gasteiger partial charge in [0.15, 0.2) is 0 Å². The number of nitrogens with zero attached hydrogens (tertiary/aromatic N) is 2. The Labute approximate surface area is 243 Å². The fourth-order valence-electron chi connectivity index (χ4n) is 4.48. The standard InChI is InChI=1S/C29H24Br2FN3O3S/c30-22-13-20(14-23(31)15-22)18-35(17-19-1-3-24(32)4-2-19)39(37,38)26-7-5-25(6-8-26)34-29(36)28-16-27(28)21-9-11-33-12-10-21/h1-15,27-28H,16-18H2,(H,34,36). The smallest absolute Gasteiger partial charge is 0.243 e. The highest BCUT2D eigenvalue weighted by molar-refractivity contribution is 9.11. The molecule has 200 valence electrons. The van der Waals surface area contributed by atoms with Gasteiger partial charge in [-0.3, -0.25) is 9.78 Å². The molecule has 39 heavy (non-hydrogen) atoms. The van der Waals surface area contributed by atoms with E-state index in [4.69, 9.17) is 0 Å². The minimum absolute atomic E-state index is 0.0588. The molecule has 2 unspecified atom stereocenters. The van der Waals surface area contributed by atoms with Crippen molar-refractivity contribution >= 4 is 53.5 Å². The number of amides is 1. The first-order valence-electron chi connectivity index (χ1n) is 12.2. The summed E-state index contributed by atoms with van der Waals surface area (Å²) in [6.45, 7) is 0.164. The van der Waals surface area contributed by atoms with E-state index in [2.05, 4.69) is 42.2 Å². The van der Waals surface area contributed by atoms with Gasteiger partial charge in [-0.15, -0.1) is 0 Å². The van der Waals surface area contributed by atoms with Gasteiger partial charge < -0.3 is 5.32 Å². The van der Waals surface area contributed by atoms with E-state index in [0.717, 1.165) is 26.5 Å². The van der Waals surface area contributed by atoms with Crippen LogP contribution in [0, 0.1) is 11.7 Å². The highest BCUT2D eigenvalue weighted by atomic mass is 79.9. The van der Waals surface area contributed by atoms with Crippen LogP contribution >= 0.6 is 31.9 Å². The zero-order chi connectivity index (χ0) is 27.6. The summed E-state index contributed by atoms with van der Waals surface area (Å²) in [5, 5.41) is 2.90. The third-order valence-electron chi connectivity index (χ3n) is 6.57. The average molecular weight is 673 g/mol. The van der Waals surface area contributed by atoms with Crippen molar-refractivity contribution in [2.45, 2.75) is 30.3 Å². The molecule has 1 saturated carbocycles. The van der Waals surface area contributed by atoms with Crippen LogP contribution in [0.1, 0.15) is 29.0 Å². The van der Waals surface area contributed by atoms with Crippen molar-refractivity contribution in [1.82, 2.24) is 9.29 Å². The first kappa shape index (κ1) is 27.6. The van der Waals surface area contributed by atoms with Gasteiger partial charge in [0.05, 0.1) is 4.90 Å². The van der Waals surface area contributed by atoms with Crippen LogP contribution in [0.5, 0.6) is 0 Å². The Hall–Kier alpha value is -2.92. The lowest BCUT2D eigenvalue weighted by Gasteiger charge is -2.23. The van der Waals surface area contributed by atoms with E-state index in [1.165, 1.54) is 28.6 Å². The number of halogens is 3. The third kappa shape index (κ3) is 6.81. The maximum absolute atomic E-state index is 13.8. The topological polar surface area (TPSA) is 79.4 Å². The second kappa shape index (κ2) is 11.7. The Morgan fingerprint density at radius 1 is 0.897 bits per heavy atom. The van der Waals surface area contributed by atoms with Crippen LogP contribution in [0.3, 0.4) is 0 Å². The van der Waals surface area contributed by atoms with E-state index in [1.54, 1.807) is 36.7 Å². The lowest BCUT2D eigenvalue weighted by Crippen LogP contribution is -2.30. The van der Waals surface area contributed by atoms with Crippen molar-refractivity contribution in [2.75, 3.05) is 5.32 Å². The molecule has 1 fully saturated rings. The van der Waals surface area contributed by atoms with E-state index in [0.29, 0.717) is 11.3 Å². The number of sulfonamides is 1. The minimum atomic E-state index is -3.94. The number of carbonyl (C=O) groups is 1.